The Morgan fingerprint density at radius 2 is 1.10 bits per heavy atom. The van der Waals surface area contributed by atoms with Gasteiger partial charge in [0, 0.05) is 38.0 Å². The van der Waals surface area contributed by atoms with Crippen LogP contribution in [0.3, 0.4) is 0 Å². The monoisotopic (exact) mass is 883 g/mol. The number of halogens is 4. The van der Waals surface area contributed by atoms with Gasteiger partial charge in [-0.05, 0) is 119 Å². The summed E-state index contributed by atoms with van der Waals surface area (Å²) in [6.07, 6.45) is 4.02. The molecule has 0 saturated heterocycles. The summed E-state index contributed by atoms with van der Waals surface area (Å²) >= 11 is 24.8. The van der Waals surface area contributed by atoms with Crippen molar-refractivity contribution in [2.45, 2.75) is 82.7 Å². The van der Waals surface area contributed by atoms with Crippen molar-refractivity contribution in [2.24, 2.45) is 4.99 Å². The SMILES string of the molecule is C[C@@H](N=C1CCC(c2ccc(Cl)c(Cl)c2)c2ccccc21)c1ccc(CO)cc1.C[C@@H](N[C@@H]1CCC(c2ccc(Cl)c(Cl)c2)c2ccccc21)c1ccc(CO)cc1.[B].[H-].[Na+]. The maximum absolute atomic E-state index is 9.26. The first-order valence-electron chi connectivity index (χ1n) is 19.9. The molecule has 6 aromatic carbocycles. The van der Waals surface area contributed by atoms with E-state index < -0.39 is 0 Å². The van der Waals surface area contributed by atoms with E-state index >= 15 is 0 Å². The van der Waals surface area contributed by atoms with Gasteiger partial charge >= 0.3 is 29.6 Å². The van der Waals surface area contributed by atoms with Crippen LogP contribution in [0.5, 0.6) is 0 Å². The molecule has 0 spiro atoms. The van der Waals surface area contributed by atoms with E-state index in [-0.39, 0.29) is 64.7 Å². The van der Waals surface area contributed by atoms with Crippen molar-refractivity contribution in [2.75, 3.05) is 0 Å². The van der Waals surface area contributed by atoms with Crippen LogP contribution in [0.4, 0.5) is 0 Å². The molecule has 60 heavy (non-hydrogen) atoms. The summed E-state index contributed by atoms with van der Waals surface area (Å²) in [6, 6.07) is 45.9. The number of hydrogen-bond acceptors (Lipinski definition) is 4. The molecule has 4 nitrogen and oxygen atoms in total. The molecular weight excluding hydrogens is 836 g/mol. The number of nitrogens with one attached hydrogen (secondary N) is 1. The standard InChI is InChI=1S/C25H25Cl2NO.C25H23Cl2NO.B.Na.H/c2*1-16(18-8-6-17(15-29)7-9-18)28-25-13-11-20(21-4-2-3-5-22(21)25)19-10-12-23(26)24(27)14-19;;;/h2-10,12,14,16,20,25,28-29H,11,13,15H2,1H3;2-10,12,14,16,20,29H,11,13,15H2,1H3;;;/q;;;+1;-1/t16-,20?,25-;16-,20?;;;/m11.../s1. The summed E-state index contributed by atoms with van der Waals surface area (Å²) in [4.78, 5) is 5.07. The van der Waals surface area contributed by atoms with Crippen LogP contribution >= 0.6 is 46.4 Å². The summed E-state index contributed by atoms with van der Waals surface area (Å²) in [5.74, 6) is 0.622. The third-order valence-electron chi connectivity index (χ3n) is 11.6. The van der Waals surface area contributed by atoms with Crippen molar-refractivity contribution in [1.82, 2.24) is 5.32 Å². The fourth-order valence-corrected chi connectivity index (χ4v) is 9.02. The molecule has 0 saturated carbocycles. The van der Waals surface area contributed by atoms with Crippen LogP contribution in [-0.4, -0.2) is 24.3 Å². The minimum Gasteiger partial charge on any atom is -1.00 e. The van der Waals surface area contributed by atoms with Gasteiger partial charge in [0.05, 0.1) is 39.3 Å². The first-order chi connectivity index (χ1) is 28.1. The molecule has 3 radical (unpaired) electrons. The van der Waals surface area contributed by atoms with Crippen LogP contribution in [0.1, 0.15) is 127 Å². The number of benzene rings is 6. The summed E-state index contributed by atoms with van der Waals surface area (Å²) in [5.41, 5.74) is 13.0. The van der Waals surface area contributed by atoms with E-state index in [2.05, 4.69) is 92.0 Å². The van der Waals surface area contributed by atoms with Gasteiger partial charge in [0.15, 0.2) is 0 Å². The normalized spacial score (nSPS) is 18.4. The molecule has 8 rings (SSSR count). The number of aliphatic imine (C=N–C) groups is 1. The Kier molecular flexibility index (Phi) is 18.0. The van der Waals surface area contributed by atoms with E-state index in [0.717, 1.165) is 48.1 Å². The second-order valence-electron chi connectivity index (χ2n) is 15.3. The third kappa shape index (κ3) is 11.4. The molecule has 2 aliphatic rings. The van der Waals surface area contributed by atoms with Crippen LogP contribution < -0.4 is 34.9 Å². The van der Waals surface area contributed by atoms with Gasteiger partial charge in [-0.25, -0.2) is 0 Å². The molecule has 2 unspecified atom stereocenters. The second kappa shape index (κ2) is 22.4. The van der Waals surface area contributed by atoms with Gasteiger partial charge in [0.25, 0.3) is 0 Å². The zero-order valence-corrected chi connectivity index (χ0v) is 39.3. The maximum Gasteiger partial charge on any atom is 1.00 e. The molecule has 303 valence electrons. The quantitative estimate of drug-likeness (QED) is 0.127. The number of aliphatic hydroxyl groups excluding tert-OH is 2. The first kappa shape index (κ1) is 48.1. The Hall–Kier alpha value is -2.91. The van der Waals surface area contributed by atoms with Crippen molar-refractivity contribution in [1.29, 1.82) is 0 Å². The number of rotatable bonds is 9. The average Bonchev–Trinajstić information content (AvgIpc) is 3.26. The summed E-state index contributed by atoms with van der Waals surface area (Å²) < 4.78 is 0. The number of hydrogen-bond donors (Lipinski definition) is 3. The number of nitrogens with zero attached hydrogens (tertiary/aromatic N) is 1. The Labute approximate surface area is 400 Å². The van der Waals surface area contributed by atoms with Gasteiger partial charge in [-0.15, -0.1) is 0 Å². The van der Waals surface area contributed by atoms with Crippen molar-refractivity contribution in [3.05, 3.63) is 209 Å². The van der Waals surface area contributed by atoms with Crippen molar-refractivity contribution >= 4 is 60.5 Å². The van der Waals surface area contributed by atoms with Gasteiger partial charge in [0.1, 0.15) is 0 Å². The zero-order valence-electron chi connectivity index (χ0n) is 35.3. The van der Waals surface area contributed by atoms with Gasteiger partial charge in [-0.3, -0.25) is 4.99 Å². The van der Waals surface area contributed by atoms with Gasteiger partial charge in [-0.2, -0.15) is 0 Å². The molecule has 2 aliphatic carbocycles. The maximum atomic E-state index is 9.26. The summed E-state index contributed by atoms with van der Waals surface area (Å²) in [7, 11) is 0. The van der Waals surface area contributed by atoms with Crippen molar-refractivity contribution in [3.8, 4) is 0 Å². The van der Waals surface area contributed by atoms with Gasteiger partial charge < -0.3 is 17.0 Å². The smallest absolute Gasteiger partial charge is 1.00 e. The summed E-state index contributed by atoms with van der Waals surface area (Å²) in [6.45, 7) is 4.46. The molecule has 0 aliphatic heterocycles. The molecular formula is C50H49BCl4N2NaO2. The van der Waals surface area contributed by atoms with E-state index in [0.29, 0.717) is 38.0 Å². The predicted molar refractivity (Wildman–Crippen MR) is 249 cm³/mol. The van der Waals surface area contributed by atoms with Crippen LogP contribution in [0.15, 0.2) is 138 Å². The molecule has 0 fully saturated rings. The Bertz CT molecular complexity index is 2380. The van der Waals surface area contributed by atoms with E-state index in [4.69, 9.17) is 51.4 Å². The Morgan fingerprint density at radius 3 is 1.65 bits per heavy atom. The van der Waals surface area contributed by atoms with Crippen molar-refractivity contribution in [3.63, 3.8) is 0 Å². The molecule has 0 aromatic heterocycles. The minimum absolute atomic E-state index is 0. The van der Waals surface area contributed by atoms with Gasteiger partial charge in [-0.1, -0.05) is 156 Å². The summed E-state index contributed by atoms with van der Waals surface area (Å²) in [5, 5.41) is 24.7. The van der Waals surface area contributed by atoms with E-state index in [1.165, 1.54) is 38.9 Å². The molecule has 0 heterocycles. The number of fused-ring (bicyclic) bond motifs is 2. The Balaban J connectivity index is 0.000000256. The molecule has 10 heteroatoms. The zero-order chi connectivity index (χ0) is 40.8. The van der Waals surface area contributed by atoms with Gasteiger partial charge in [0.2, 0.25) is 0 Å². The topological polar surface area (TPSA) is 64.9 Å². The molecule has 6 aromatic rings. The fraction of sp³-hybridized carbons (Fsp3) is 0.260. The largest absolute Gasteiger partial charge is 1.00 e. The van der Waals surface area contributed by atoms with Crippen LogP contribution in [0.2, 0.25) is 20.1 Å². The van der Waals surface area contributed by atoms with Crippen LogP contribution in [0, 0.1) is 0 Å². The Morgan fingerprint density at radius 1 is 0.600 bits per heavy atom. The fourth-order valence-electron chi connectivity index (χ4n) is 8.40. The molecule has 3 N–H and O–H groups in total. The molecule has 5 atom stereocenters. The van der Waals surface area contributed by atoms with Crippen LogP contribution in [-0.2, 0) is 13.2 Å². The second-order valence-corrected chi connectivity index (χ2v) is 16.9. The molecule has 0 bridgehead atoms. The number of aliphatic hydroxyl groups is 2. The minimum atomic E-state index is 0. The van der Waals surface area contributed by atoms with Crippen LogP contribution in [0.25, 0.3) is 0 Å². The van der Waals surface area contributed by atoms with E-state index in [1.54, 1.807) is 0 Å². The molecule has 0 amide bonds. The third-order valence-corrected chi connectivity index (χ3v) is 13.1. The van der Waals surface area contributed by atoms with E-state index in [1.807, 2.05) is 60.7 Å². The average molecular weight is 886 g/mol. The van der Waals surface area contributed by atoms with Crippen molar-refractivity contribution < 1.29 is 41.2 Å². The van der Waals surface area contributed by atoms with E-state index in [9.17, 15) is 10.2 Å². The predicted octanol–water partition coefficient (Wildman–Crippen LogP) is 10.5. The first-order valence-corrected chi connectivity index (χ1v) is 21.4.